The first-order valence-electron chi connectivity index (χ1n) is 13.6. The average Bonchev–Trinajstić information content (AvgIpc) is 3.42. The third-order valence-electron chi connectivity index (χ3n) is 7.80. The lowest BCUT2D eigenvalue weighted by molar-refractivity contribution is -0.142. The van der Waals surface area contributed by atoms with Gasteiger partial charge in [-0.25, -0.2) is 4.98 Å². The summed E-state index contributed by atoms with van der Waals surface area (Å²) in [6.07, 6.45) is 4.56. The normalized spacial score (nSPS) is 19.7. The summed E-state index contributed by atoms with van der Waals surface area (Å²) >= 11 is 7.91. The fourth-order valence-electron chi connectivity index (χ4n) is 5.45. The zero-order valence-electron chi connectivity index (χ0n) is 22.4. The van der Waals surface area contributed by atoms with Crippen LogP contribution in [0.5, 0.6) is 5.75 Å². The van der Waals surface area contributed by atoms with E-state index in [0.717, 1.165) is 59.0 Å². The highest BCUT2D eigenvalue weighted by Gasteiger charge is 2.31. The van der Waals surface area contributed by atoms with Gasteiger partial charge in [0, 0.05) is 47.2 Å². The predicted molar refractivity (Wildman–Crippen MR) is 155 cm³/mol. The first kappa shape index (κ1) is 27.5. The van der Waals surface area contributed by atoms with E-state index < -0.39 is 5.97 Å². The van der Waals surface area contributed by atoms with Gasteiger partial charge in [0.2, 0.25) is 0 Å². The predicted octanol–water partition coefficient (Wildman–Crippen LogP) is 6.67. The number of ether oxygens (including phenoxy) is 1. The molecule has 2 atom stereocenters. The summed E-state index contributed by atoms with van der Waals surface area (Å²) < 4.78 is 6.28. The van der Waals surface area contributed by atoms with E-state index in [9.17, 15) is 14.7 Å². The molecule has 1 aromatic heterocycles. The zero-order valence-corrected chi connectivity index (χ0v) is 23.9. The molecule has 39 heavy (non-hydrogen) atoms. The number of carbonyl (C=O) groups is 2. The number of carboxylic acids is 1. The van der Waals surface area contributed by atoms with Crippen molar-refractivity contribution in [3.63, 3.8) is 0 Å². The van der Waals surface area contributed by atoms with E-state index in [-0.39, 0.29) is 17.9 Å². The number of benzene rings is 2. The van der Waals surface area contributed by atoms with Crippen molar-refractivity contribution in [2.75, 3.05) is 24.5 Å². The Morgan fingerprint density at radius 1 is 1.13 bits per heavy atom. The molecule has 7 nitrogen and oxygen atoms in total. The zero-order chi connectivity index (χ0) is 27.5. The second-order valence-electron chi connectivity index (χ2n) is 10.5. The average molecular weight is 568 g/mol. The number of aromatic nitrogens is 1. The number of nitrogens with zero attached hydrogens (tertiary/aromatic N) is 3. The van der Waals surface area contributed by atoms with Crippen molar-refractivity contribution in [2.45, 2.75) is 58.6 Å². The van der Waals surface area contributed by atoms with Crippen LogP contribution >= 0.6 is 22.9 Å². The Labute approximate surface area is 238 Å². The van der Waals surface area contributed by atoms with Crippen molar-refractivity contribution in [1.82, 2.24) is 9.88 Å². The minimum atomic E-state index is -0.722. The van der Waals surface area contributed by atoms with Crippen LogP contribution in [-0.2, 0) is 11.4 Å². The largest absolute Gasteiger partial charge is 0.488 e. The van der Waals surface area contributed by atoms with Crippen molar-refractivity contribution in [3.05, 3.63) is 63.5 Å². The molecule has 0 radical (unpaired) electrons. The maximum Gasteiger partial charge on any atom is 0.306 e. The van der Waals surface area contributed by atoms with E-state index in [1.54, 1.807) is 17.4 Å². The van der Waals surface area contributed by atoms with Gasteiger partial charge in [-0.1, -0.05) is 17.7 Å². The van der Waals surface area contributed by atoms with Crippen LogP contribution in [0.1, 0.15) is 60.5 Å². The summed E-state index contributed by atoms with van der Waals surface area (Å²) in [5, 5.41) is 12.9. The maximum atomic E-state index is 12.9. The number of likely N-dealkylation sites (tertiary alicyclic amines) is 1. The number of anilines is 1. The molecule has 1 amide bonds. The molecule has 1 N–H and O–H groups in total. The number of amides is 1. The van der Waals surface area contributed by atoms with E-state index in [1.807, 2.05) is 47.5 Å². The summed E-state index contributed by atoms with van der Waals surface area (Å²) in [4.78, 5) is 33.4. The minimum Gasteiger partial charge on any atom is -0.488 e. The highest BCUT2D eigenvalue weighted by molar-refractivity contribution is 7.14. The van der Waals surface area contributed by atoms with E-state index in [1.165, 1.54) is 6.42 Å². The number of halogens is 1. The smallest absolute Gasteiger partial charge is 0.306 e. The Morgan fingerprint density at radius 3 is 2.64 bits per heavy atom. The minimum absolute atomic E-state index is 0.0988. The Kier molecular flexibility index (Phi) is 8.43. The van der Waals surface area contributed by atoms with E-state index in [0.29, 0.717) is 36.8 Å². The maximum absolute atomic E-state index is 12.9. The number of carbonyl (C=O) groups excluding carboxylic acids is 1. The molecule has 2 saturated heterocycles. The molecule has 0 bridgehead atoms. The van der Waals surface area contributed by atoms with Crippen molar-refractivity contribution in [3.8, 4) is 17.0 Å². The molecular weight excluding hydrogens is 534 g/mol. The molecule has 0 spiro atoms. The summed E-state index contributed by atoms with van der Waals surface area (Å²) in [7, 11) is 0. The number of aliphatic carboxylic acids is 1. The van der Waals surface area contributed by atoms with Gasteiger partial charge in [-0.05, 0) is 87.4 Å². The van der Waals surface area contributed by atoms with Crippen molar-refractivity contribution >= 4 is 39.9 Å². The van der Waals surface area contributed by atoms with Crippen LogP contribution in [0.3, 0.4) is 0 Å². The van der Waals surface area contributed by atoms with Gasteiger partial charge in [0.05, 0.1) is 11.6 Å². The molecule has 3 heterocycles. The van der Waals surface area contributed by atoms with E-state index in [2.05, 4.69) is 11.8 Å². The number of hydrogen-bond acceptors (Lipinski definition) is 6. The fraction of sp³-hybridized carbons (Fsp3) is 0.433. The number of aryl methyl sites for hydroxylation is 1. The molecule has 2 fully saturated rings. The van der Waals surface area contributed by atoms with Gasteiger partial charge in [-0.2, -0.15) is 0 Å². The number of rotatable bonds is 7. The standard InChI is InChI=1S/C30H34ClN3O4S/c1-19-14-21(28(35)33-11-4-3-5-12-33)6-7-23(19)17-38-27-9-8-24(31)16-25(27)26-18-39-30(32-26)34-13-10-22(29(36)37)15-20(34)2/h6-9,14,16,18,20,22H,3-5,10-13,15,17H2,1-2H3,(H,36,37). The number of piperidine rings is 2. The molecule has 5 rings (SSSR count). The van der Waals surface area contributed by atoms with Crippen LogP contribution in [-0.4, -0.2) is 52.5 Å². The molecule has 2 unspecified atom stereocenters. The van der Waals surface area contributed by atoms with E-state index >= 15 is 0 Å². The summed E-state index contributed by atoms with van der Waals surface area (Å²) in [6.45, 7) is 6.75. The molecule has 2 aromatic carbocycles. The first-order valence-corrected chi connectivity index (χ1v) is 14.8. The lowest BCUT2D eigenvalue weighted by Gasteiger charge is -2.36. The van der Waals surface area contributed by atoms with Crippen LogP contribution < -0.4 is 9.64 Å². The van der Waals surface area contributed by atoms with Crippen molar-refractivity contribution < 1.29 is 19.4 Å². The molecule has 2 aliphatic heterocycles. The highest BCUT2D eigenvalue weighted by atomic mass is 35.5. The van der Waals surface area contributed by atoms with E-state index in [4.69, 9.17) is 21.3 Å². The molecular formula is C30H34ClN3O4S. The van der Waals surface area contributed by atoms with Gasteiger partial charge in [-0.3, -0.25) is 9.59 Å². The van der Waals surface area contributed by atoms with Crippen LogP contribution in [0.2, 0.25) is 5.02 Å². The van der Waals surface area contributed by atoms with Crippen LogP contribution in [0.15, 0.2) is 41.8 Å². The molecule has 3 aromatic rings. The lowest BCUT2D eigenvalue weighted by Crippen LogP contribution is -2.42. The molecule has 9 heteroatoms. The van der Waals surface area contributed by atoms with Gasteiger partial charge < -0.3 is 19.6 Å². The third kappa shape index (κ3) is 6.23. The Hall–Kier alpha value is -3.10. The van der Waals surface area contributed by atoms with Crippen molar-refractivity contribution in [2.24, 2.45) is 5.92 Å². The molecule has 0 saturated carbocycles. The monoisotopic (exact) mass is 567 g/mol. The second kappa shape index (κ2) is 12.0. The molecule has 206 valence electrons. The van der Waals surface area contributed by atoms with Crippen molar-refractivity contribution in [1.29, 1.82) is 0 Å². The molecule has 2 aliphatic rings. The Balaban J connectivity index is 1.30. The van der Waals surface area contributed by atoms with Crippen LogP contribution in [0.4, 0.5) is 5.13 Å². The Morgan fingerprint density at radius 2 is 1.92 bits per heavy atom. The number of carboxylic acid groups (broad SMARTS) is 1. The third-order valence-corrected chi connectivity index (χ3v) is 8.91. The van der Waals surface area contributed by atoms with Crippen LogP contribution in [0.25, 0.3) is 11.3 Å². The highest BCUT2D eigenvalue weighted by Crippen LogP contribution is 2.38. The topological polar surface area (TPSA) is 83.0 Å². The quantitative estimate of drug-likeness (QED) is 0.343. The SMILES string of the molecule is Cc1cc(C(=O)N2CCCCC2)ccc1COc1ccc(Cl)cc1-c1csc(N2CCC(C(=O)O)CC2C)n1. The first-order chi connectivity index (χ1) is 18.8. The van der Waals surface area contributed by atoms with Gasteiger partial charge in [0.15, 0.2) is 5.13 Å². The van der Waals surface area contributed by atoms with Gasteiger partial charge in [-0.15, -0.1) is 11.3 Å². The lowest BCUT2D eigenvalue weighted by atomic mass is 9.92. The number of thiazole rings is 1. The second-order valence-corrected chi connectivity index (χ2v) is 11.8. The van der Waals surface area contributed by atoms with Gasteiger partial charge in [0.1, 0.15) is 12.4 Å². The van der Waals surface area contributed by atoms with Gasteiger partial charge >= 0.3 is 5.97 Å². The summed E-state index contributed by atoms with van der Waals surface area (Å²) in [5.41, 5.74) is 4.34. The summed E-state index contributed by atoms with van der Waals surface area (Å²) in [5.74, 6) is -0.239. The Bertz CT molecular complexity index is 1350. The summed E-state index contributed by atoms with van der Waals surface area (Å²) in [6, 6.07) is 11.5. The fourth-order valence-corrected chi connectivity index (χ4v) is 6.58. The van der Waals surface area contributed by atoms with Gasteiger partial charge in [0.25, 0.3) is 5.91 Å². The number of hydrogen-bond donors (Lipinski definition) is 1. The molecule has 0 aliphatic carbocycles. The van der Waals surface area contributed by atoms with Crippen LogP contribution in [0, 0.1) is 12.8 Å².